The van der Waals surface area contributed by atoms with Gasteiger partial charge in [-0.1, -0.05) is 0 Å². The minimum absolute atomic E-state index is 0.122. The lowest BCUT2D eigenvalue weighted by molar-refractivity contribution is 0.0988. The van der Waals surface area contributed by atoms with Gasteiger partial charge in [0, 0.05) is 24.2 Å². The van der Waals surface area contributed by atoms with Gasteiger partial charge in [0.25, 0.3) is 0 Å². The first-order chi connectivity index (χ1) is 8.24. The van der Waals surface area contributed by atoms with Crippen molar-refractivity contribution >= 4 is 17.5 Å². The Morgan fingerprint density at radius 2 is 2.41 bits per heavy atom. The van der Waals surface area contributed by atoms with E-state index in [2.05, 4.69) is 14.9 Å². The van der Waals surface area contributed by atoms with Gasteiger partial charge in [0.05, 0.1) is 26.4 Å². The van der Waals surface area contributed by atoms with Gasteiger partial charge in [-0.25, -0.2) is 4.98 Å². The average Bonchev–Trinajstić information content (AvgIpc) is 2.37. The molecule has 0 radical (unpaired) electrons. The standard InChI is InChI=1S/C11H16ClN3O2/c1-8-5-10(16-2)14-11(13-8)15-3-4-17-7-9(15)6-12/h5,9H,3-4,6-7H2,1-2H3. The lowest BCUT2D eigenvalue weighted by Crippen LogP contribution is -2.47. The molecule has 94 valence electrons. The molecule has 1 aliphatic heterocycles. The Bertz CT molecular complexity index is 389. The number of halogens is 1. The zero-order valence-corrected chi connectivity index (χ0v) is 10.8. The number of methoxy groups -OCH3 is 1. The van der Waals surface area contributed by atoms with Gasteiger partial charge < -0.3 is 14.4 Å². The molecule has 1 unspecified atom stereocenters. The van der Waals surface area contributed by atoms with Crippen molar-refractivity contribution in [3.63, 3.8) is 0 Å². The maximum absolute atomic E-state index is 5.93. The minimum atomic E-state index is 0.122. The Balaban J connectivity index is 2.27. The van der Waals surface area contributed by atoms with Crippen molar-refractivity contribution in [3.05, 3.63) is 11.8 Å². The van der Waals surface area contributed by atoms with Crippen LogP contribution in [-0.4, -0.2) is 48.8 Å². The van der Waals surface area contributed by atoms with Gasteiger partial charge in [0.15, 0.2) is 0 Å². The second-order valence-corrected chi connectivity index (χ2v) is 4.24. The van der Waals surface area contributed by atoms with E-state index in [-0.39, 0.29) is 6.04 Å². The van der Waals surface area contributed by atoms with Crippen molar-refractivity contribution in [2.24, 2.45) is 0 Å². The summed E-state index contributed by atoms with van der Waals surface area (Å²) in [5, 5.41) is 0. The molecule has 1 aromatic heterocycles. The van der Waals surface area contributed by atoms with Crippen LogP contribution < -0.4 is 9.64 Å². The monoisotopic (exact) mass is 257 g/mol. The smallest absolute Gasteiger partial charge is 0.229 e. The topological polar surface area (TPSA) is 47.5 Å². The lowest BCUT2D eigenvalue weighted by atomic mass is 10.2. The molecule has 6 heteroatoms. The molecule has 0 spiro atoms. The molecular formula is C11H16ClN3O2. The van der Waals surface area contributed by atoms with Crippen LogP contribution in [-0.2, 0) is 4.74 Å². The van der Waals surface area contributed by atoms with Gasteiger partial charge >= 0.3 is 0 Å². The third-order valence-corrected chi connectivity index (χ3v) is 3.05. The van der Waals surface area contributed by atoms with Crippen molar-refractivity contribution in [3.8, 4) is 5.88 Å². The van der Waals surface area contributed by atoms with Gasteiger partial charge in [-0.05, 0) is 6.92 Å². The Hall–Kier alpha value is -1.07. The molecular weight excluding hydrogens is 242 g/mol. The molecule has 2 rings (SSSR count). The summed E-state index contributed by atoms with van der Waals surface area (Å²) in [5.74, 6) is 1.74. The zero-order chi connectivity index (χ0) is 12.3. The zero-order valence-electron chi connectivity index (χ0n) is 10.0. The van der Waals surface area contributed by atoms with Gasteiger partial charge in [-0.15, -0.1) is 11.6 Å². The molecule has 17 heavy (non-hydrogen) atoms. The van der Waals surface area contributed by atoms with Crippen LogP contribution in [0.3, 0.4) is 0 Å². The summed E-state index contributed by atoms with van der Waals surface area (Å²) in [4.78, 5) is 10.9. The van der Waals surface area contributed by atoms with Crippen LogP contribution in [0.5, 0.6) is 5.88 Å². The summed E-state index contributed by atoms with van der Waals surface area (Å²) < 4.78 is 10.6. The lowest BCUT2D eigenvalue weighted by Gasteiger charge is -2.34. The third kappa shape index (κ3) is 2.79. The molecule has 0 amide bonds. The fraction of sp³-hybridized carbons (Fsp3) is 0.636. The fourth-order valence-electron chi connectivity index (χ4n) is 1.80. The molecule has 2 heterocycles. The number of aryl methyl sites for hydroxylation is 1. The normalized spacial score (nSPS) is 20.4. The molecule has 5 nitrogen and oxygen atoms in total. The van der Waals surface area contributed by atoms with Gasteiger partial charge in [0.2, 0.25) is 11.8 Å². The molecule has 1 atom stereocenters. The van der Waals surface area contributed by atoms with Crippen molar-refractivity contribution in [1.29, 1.82) is 0 Å². The maximum atomic E-state index is 5.93. The molecule has 0 saturated carbocycles. The van der Waals surface area contributed by atoms with Gasteiger partial charge in [0.1, 0.15) is 0 Å². The third-order valence-electron chi connectivity index (χ3n) is 2.69. The number of ether oxygens (including phenoxy) is 2. The Morgan fingerprint density at radius 1 is 1.59 bits per heavy atom. The first kappa shape index (κ1) is 12.4. The number of hydrogen-bond acceptors (Lipinski definition) is 5. The second-order valence-electron chi connectivity index (χ2n) is 3.93. The van der Waals surface area contributed by atoms with Crippen molar-refractivity contribution in [2.75, 3.05) is 37.6 Å². The summed E-state index contributed by atoms with van der Waals surface area (Å²) in [7, 11) is 1.60. The van der Waals surface area contributed by atoms with Crippen molar-refractivity contribution in [2.45, 2.75) is 13.0 Å². The van der Waals surface area contributed by atoms with E-state index >= 15 is 0 Å². The Labute approximate surface area is 106 Å². The maximum Gasteiger partial charge on any atom is 0.229 e. The molecule has 1 aromatic rings. The van der Waals surface area contributed by atoms with E-state index in [1.165, 1.54) is 0 Å². The SMILES string of the molecule is COc1cc(C)nc(N2CCOCC2CCl)n1. The number of alkyl halides is 1. The van der Waals surface area contributed by atoms with E-state index in [4.69, 9.17) is 21.1 Å². The molecule has 1 saturated heterocycles. The summed E-state index contributed by atoms with van der Waals surface area (Å²) in [6, 6.07) is 1.93. The molecule has 0 aromatic carbocycles. The average molecular weight is 258 g/mol. The number of hydrogen-bond donors (Lipinski definition) is 0. The van der Waals surface area contributed by atoms with E-state index < -0.39 is 0 Å². The summed E-state index contributed by atoms with van der Waals surface area (Å²) in [5.41, 5.74) is 0.881. The van der Waals surface area contributed by atoms with E-state index in [0.29, 0.717) is 30.9 Å². The van der Waals surface area contributed by atoms with E-state index in [9.17, 15) is 0 Å². The van der Waals surface area contributed by atoms with Gasteiger partial charge in [-0.3, -0.25) is 0 Å². The molecule has 1 aliphatic rings. The minimum Gasteiger partial charge on any atom is -0.481 e. The number of rotatable bonds is 3. The first-order valence-corrected chi connectivity index (χ1v) is 6.08. The Kier molecular flexibility index (Phi) is 4.02. The van der Waals surface area contributed by atoms with Crippen LogP contribution in [0.4, 0.5) is 5.95 Å². The predicted molar refractivity (Wildman–Crippen MR) is 66.0 cm³/mol. The van der Waals surface area contributed by atoms with Crippen LogP contribution in [0.25, 0.3) is 0 Å². The Morgan fingerprint density at radius 3 is 3.12 bits per heavy atom. The highest BCUT2D eigenvalue weighted by Crippen LogP contribution is 2.19. The highest BCUT2D eigenvalue weighted by molar-refractivity contribution is 6.18. The number of aromatic nitrogens is 2. The van der Waals surface area contributed by atoms with E-state index in [1.807, 2.05) is 6.92 Å². The summed E-state index contributed by atoms with van der Waals surface area (Å²) in [6.07, 6.45) is 0. The number of morpholine rings is 1. The summed E-state index contributed by atoms with van der Waals surface area (Å²) >= 11 is 5.93. The molecule has 0 bridgehead atoms. The van der Waals surface area contributed by atoms with E-state index in [0.717, 1.165) is 12.2 Å². The van der Waals surface area contributed by atoms with Crippen molar-refractivity contribution < 1.29 is 9.47 Å². The van der Waals surface area contributed by atoms with E-state index in [1.54, 1.807) is 13.2 Å². The molecule has 0 aliphatic carbocycles. The fourth-order valence-corrected chi connectivity index (χ4v) is 2.06. The van der Waals surface area contributed by atoms with Crippen LogP contribution in [0.15, 0.2) is 6.07 Å². The number of nitrogens with zero attached hydrogens (tertiary/aromatic N) is 3. The molecule has 1 fully saturated rings. The molecule has 0 N–H and O–H groups in total. The van der Waals surface area contributed by atoms with Crippen LogP contribution in [0.1, 0.15) is 5.69 Å². The van der Waals surface area contributed by atoms with Crippen LogP contribution in [0, 0.1) is 6.92 Å². The number of anilines is 1. The predicted octanol–water partition coefficient (Wildman–Crippen LogP) is 1.24. The van der Waals surface area contributed by atoms with Crippen LogP contribution >= 0.6 is 11.6 Å². The highest BCUT2D eigenvalue weighted by atomic mass is 35.5. The first-order valence-electron chi connectivity index (χ1n) is 5.54. The summed E-state index contributed by atoms with van der Waals surface area (Å²) in [6.45, 7) is 3.96. The van der Waals surface area contributed by atoms with Gasteiger partial charge in [-0.2, -0.15) is 4.98 Å². The van der Waals surface area contributed by atoms with Crippen LogP contribution in [0.2, 0.25) is 0 Å². The second kappa shape index (κ2) is 5.51. The van der Waals surface area contributed by atoms with Crippen molar-refractivity contribution in [1.82, 2.24) is 9.97 Å². The largest absolute Gasteiger partial charge is 0.481 e. The quantitative estimate of drug-likeness (QED) is 0.763. The highest BCUT2D eigenvalue weighted by Gasteiger charge is 2.25.